The van der Waals surface area contributed by atoms with E-state index < -0.39 is 12.7 Å². The number of anilines is 2. The molecule has 1 fully saturated rings. The van der Waals surface area contributed by atoms with E-state index in [2.05, 4.69) is 5.10 Å². The molecule has 1 saturated heterocycles. The van der Waals surface area contributed by atoms with E-state index >= 15 is 0 Å². The van der Waals surface area contributed by atoms with Gasteiger partial charge in [-0.25, -0.2) is 0 Å². The number of aryl methyl sites for hydroxylation is 1. The summed E-state index contributed by atoms with van der Waals surface area (Å²) in [6.45, 7) is 0.915. The molecule has 0 unspecified atom stereocenters. The quantitative estimate of drug-likeness (QED) is 0.853. The van der Waals surface area contributed by atoms with E-state index in [4.69, 9.17) is 5.73 Å². The molecule has 2 N–H and O–H groups in total. The van der Waals surface area contributed by atoms with Gasteiger partial charge in [-0.1, -0.05) is 0 Å². The largest absolute Gasteiger partial charge is 0.401 e. The van der Waals surface area contributed by atoms with Crippen LogP contribution in [0.1, 0.15) is 0 Å². The van der Waals surface area contributed by atoms with Crippen molar-refractivity contribution in [2.24, 2.45) is 7.05 Å². The number of alkyl halides is 3. The van der Waals surface area contributed by atoms with Crippen molar-refractivity contribution in [3.05, 3.63) is 6.20 Å². The lowest BCUT2D eigenvalue weighted by atomic mass is 10.3. The highest BCUT2D eigenvalue weighted by atomic mass is 19.4. The van der Waals surface area contributed by atoms with Crippen LogP contribution in [-0.4, -0.2) is 53.6 Å². The second-order valence-electron chi connectivity index (χ2n) is 4.46. The zero-order chi connectivity index (χ0) is 13.3. The third-order valence-electron chi connectivity index (χ3n) is 2.91. The van der Waals surface area contributed by atoms with E-state index in [1.54, 1.807) is 17.9 Å². The highest BCUT2D eigenvalue weighted by Gasteiger charge is 2.32. The van der Waals surface area contributed by atoms with E-state index in [0.29, 0.717) is 37.7 Å². The standard InChI is InChI=1S/C10H16F3N5/c1-16-6-8(14)9(15-16)18-4-2-17(3-5-18)7-10(11,12)13/h6H,2-5,7,14H2,1H3. The number of hydrogen-bond acceptors (Lipinski definition) is 4. The third-order valence-corrected chi connectivity index (χ3v) is 2.91. The molecule has 0 saturated carbocycles. The molecule has 5 nitrogen and oxygen atoms in total. The predicted octanol–water partition coefficient (Wildman–Crippen LogP) is 0.687. The van der Waals surface area contributed by atoms with Gasteiger partial charge in [0.15, 0.2) is 5.82 Å². The third kappa shape index (κ3) is 3.06. The SMILES string of the molecule is Cn1cc(N)c(N2CCN(CC(F)(F)F)CC2)n1. The molecule has 0 spiro atoms. The van der Waals surface area contributed by atoms with Crippen LogP contribution in [0.25, 0.3) is 0 Å². The number of nitrogens with zero attached hydrogens (tertiary/aromatic N) is 4. The van der Waals surface area contributed by atoms with Crippen molar-refractivity contribution in [1.29, 1.82) is 0 Å². The van der Waals surface area contributed by atoms with Crippen LogP contribution in [0, 0.1) is 0 Å². The van der Waals surface area contributed by atoms with Crippen LogP contribution < -0.4 is 10.6 Å². The molecule has 0 bridgehead atoms. The van der Waals surface area contributed by atoms with Crippen LogP contribution in [-0.2, 0) is 7.05 Å². The predicted molar refractivity (Wildman–Crippen MR) is 62.3 cm³/mol. The maximum Gasteiger partial charge on any atom is 0.401 e. The minimum atomic E-state index is -4.13. The zero-order valence-corrected chi connectivity index (χ0v) is 10.1. The minimum absolute atomic E-state index is 0.371. The minimum Gasteiger partial charge on any atom is -0.394 e. The molecule has 2 rings (SSSR count). The molecule has 0 radical (unpaired) electrons. The van der Waals surface area contributed by atoms with Crippen molar-refractivity contribution < 1.29 is 13.2 Å². The number of nitrogen functional groups attached to an aromatic ring is 1. The lowest BCUT2D eigenvalue weighted by Gasteiger charge is -2.35. The first-order valence-corrected chi connectivity index (χ1v) is 5.68. The van der Waals surface area contributed by atoms with Crippen molar-refractivity contribution in [3.8, 4) is 0 Å². The summed E-state index contributed by atoms with van der Waals surface area (Å²) in [7, 11) is 1.76. The van der Waals surface area contributed by atoms with Gasteiger partial charge in [0, 0.05) is 39.4 Å². The van der Waals surface area contributed by atoms with Crippen molar-refractivity contribution in [3.63, 3.8) is 0 Å². The van der Waals surface area contributed by atoms with Gasteiger partial charge in [-0.05, 0) is 0 Å². The summed E-state index contributed by atoms with van der Waals surface area (Å²) in [6.07, 6.45) is -2.44. The van der Waals surface area contributed by atoms with Crippen molar-refractivity contribution in [1.82, 2.24) is 14.7 Å². The van der Waals surface area contributed by atoms with Crippen LogP contribution >= 0.6 is 0 Å². The lowest BCUT2D eigenvalue weighted by molar-refractivity contribution is -0.146. The van der Waals surface area contributed by atoms with Crippen LogP contribution in [0.2, 0.25) is 0 Å². The fraction of sp³-hybridized carbons (Fsp3) is 0.700. The van der Waals surface area contributed by atoms with E-state index in [1.807, 2.05) is 4.90 Å². The van der Waals surface area contributed by atoms with Crippen LogP contribution in [0.3, 0.4) is 0 Å². The molecule has 18 heavy (non-hydrogen) atoms. The fourth-order valence-electron chi connectivity index (χ4n) is 2.11. The number of nitrogens with two attached hydrogens (primary N) is 1. The first-order valence-electron chi connectivity index (χ1n) is 5.68. The molecule has 0 aliphatic carbocycles. The molecular formula is C10H16F3N5. The Hall–Kier alpha value is -1.44. The Kier molecular flexibility index (Phi) is 3.38. The molecule has 8 heteroatoms. The molecule has 2 heterocycles. The molecule has 0 amide bonds. The Labute approximate surface area is 103 Å². The number of rotatable bonds is 2. The maximum atomic E-state index is 12.2. The summed E-state index contributed by atoms with van der Waals surface area (Å²) >= 11 is 0. The monoisotopic (exact) mass is 263 g/mol. The van der Waals surface area contributed by atoms with E-state index in [1.165, 1.54) is 4.90 Å². The molecule has 1 aromatic heterocycles. The first-order chi connectivity index (χ1) is 8.35. The first kappa shape index (κ1) is 13.0. The number of hydrogen-bond donors (Lipinski definition) is 1. The normalized spacial score (nSPS) is 18.3. The molecule has 0 aromatic carbocycles. The second-order valence-corrected chi connectivity index (χ2v) is 4.46. The fourth-order valence-corrected chi connectivity index (χ4v) is 2.11. The van der Waals surface area contributed by atoms with Gasteiger partial charge in [0.05, 0.1) is 12.2 Å². The topological polar surface area (TPSA) is 50.3 Å². The molecule has 1 aliphatic heterocycles. The van der Waals surface area contributed by atoms with Gasteiger partial charge in [0.25, 0.3) is 0 Å². The summed E-state index contributed by atoms with van der Waals surface area (Å²) in [5.74, 6) is 0.657. The molecule has 102 valence electrons. The highest BCUT2D eigenvalue weighted by molar-refractivity contribution is 5.61. The Bertz CT molecular complexity index is 406. The summed E-state index contributed by atoms with van der Waals surface area (Å²) < 4.78 is 38.3. The number of halogens is 3. The summed E-state index contributed by atoms with van der Waals surface area (Å²) in [4.78, 5) is 3.32. The maximum absolute atomic E-state index is 12.2. The Morgan fingerprint density at radius 1 is 1.28 bits per heavy atom. The van der Waals surface area contributed by atoms with Crippen molar-refractivity contribution in [2.45, 2.75) is 6.18 Å². The second kappa shape index (κ2) is 4.68. The van der Waals surface area contributed by atoms with Crippen molar-refractivity contribution >= 4 is 11.5 Å². The summed E-state index contributed by atoms with van der Waals surface area (Å²) in [5, 5.41) is 4.21. The van der Waals surface area contributed by atoms with Gasteiger partial charge < -0.3 is 10.6 Å². The van der Waals surface area contributed by atoms with E-state index in [9.17, 15) is 13.2 Å². The molecular weight excluding hydrogens is 247 g/mol. The van der Waals surface area contributed by atoms with Crippen LogP contribution in [0.5, 0.6) is 0 Å². The Morgan fingerprint density at radius 2 is 1.89 bits per heavy atom. The number of aromatic nitrogens is 2. The van der Waals surface area contributed by atoms with Gasteiger partial charge in [-0.15, -0.1) is 0 Å². The van der Waals surface area contributed by atoms with Gasteiger partial charge in [0.1, 0.15) is 0 Å². The van der Waals surface area contributed by atoms with Crippen LogP contribution in [0.4, 0.5) is 24.7 Å². The average molecular weight is 263 g/mol. The van der Waals surface area contributed by atoms with Gasteiger partial charge in [-0.3, -0.25) is 9.58 Å². The zero-order valence-electron chi connectivity index (χ0n) is 10.1. The number of piperazine rings is 1. The Balaban J connectivity index is 1.93. The smallest absolute Gasteiger partial charge is 0.394 e. The summed E-state index contributed by atoms with van der Waals surface area (Å²) in [6, 6.07) is 0. The Morgan fingerprint density at radius 3 is 2.33 bits per heavy atom. The molecule has 1 aliphatic rings. The van der Waals surface area contributed by atoms with E-state index in [-0.39, 0.29) is 0 Å². The van der Waals surface area contributed by atoms with Crippen molar-refractivity contribution in [2.75, 3.05) is 43.4 Å². The summed E-state index contributed by atoms with van der Waals surface area (Å²) in [5.41, 5.74) is 6.35. The van der Waals surface area contributed by atoms with E-state index in [0.717, 1.165) is 0 Å². The van der Waals surface area contributed by atoms with Crippen LogP contribution in [0.15, 0.2) is 6.20 Å². The molecule has 1 aromatic rings. The van der Waals surface area contributed by atoms with Gasteiger partial charge in [-0.2, -0.15) is 18.3 Å². The average Bonchev–Trinajstić information content (AvgIpc) is 2.57. The van der Waals surface area contributed by atoms with Gasteiger partial charge >= 0.3 is 6.18 Å². The lowest BCUT2D eigenvalue weighted by Crippen LogP contribution is -2.49. The highest BCUT2D eigenvalue weighted by Crippen LogP contribution is 2.23. The van der Waals surface area contributed by atoms with Gasteiger partial charge in [0.2, 0.25) is 0 Å². The molecule has 0 atom stereocenters.